The molecule has 0 aliphatic carbocycles. The summed E-state index contributed by atoms with van der Waals surface area (Å²) in [6.07, 6.45) is -4.75. The number of nitrogens with zero attached hydrogens (tertiary/aromatic N) is 1. The maximum Gasteiger partial charge on any atom is 0.416 e. The highest BCUT2D eigenvalue weighted by molar-refractivity contribution is 7.92. The van der Waals surface area contributed by atoms with Gasteiger partial charge in [0.15, 0.2) is 0 Å². The third-order valence-electron chi connectivity index (χ3n) is 4.62. The molecule has 3 rings (SSSR count). The fraction of sp³-hybridized carbons (Fsp3) is 0.136. The number of amides is 1. The molecule has 0 atom stereocenters. The Bertz CT molecular complexity index is 1280. The van der Waals surface area contributed by atoms with Crippen LogP contribution in [0, 0.1) is 6.92 Å². The molecule has 5 nitrogen and oxygen atoms in total. The van der Waals surface area contributed by atoms with E-state index in [0.29, 0.717) is 21.1 Å². The summed E-state index contributed by atoms with van der Waals surface area (Å²) >= 11 is 12.1. The van der Waals surface area contributed by atoms with Gasteiger partial charge in [-0.1, -0.05) is 47.5 Å². The van der Waals surface area contributed by atoms with Crippen LogP contribution < -0.4 is 9.62 Å². The first-order chi connectivity index (χ1) is 15.4. The van der Waals surface area contributed by atoms with E-state index in [-0.39, 0.29) is 9.92 Å². The summed E-state index contributed by atoms with van der Waals surface area (Å²) < 4.78 is 67.1. The first-order valence-corrected chi connectivity index (χ1v) is 11.6. The molecular formula is C22H17Cl2F3N2O3S. The normalized spacial score (nSPS) is 11.8. The lowest BCUT2D eigenvalue weighted by Gasteiger charge is -2.26. The summed E-state index contributed by atoms with van der Waals surface area (Å²) in [5.41, 5.74) is -0.533. The van der Waals surface area contributed by atoms with Gasteiger partial charge < -0.3 is 5.32 Å². The molecule has 3 aromatic carbocycles. The van der Waals surface area contributed by atoms with Crippen LogP contribution in [0.2, 0.25) is 10.0 Å². The second-order valence-corrected chi connectivity index (χ2v) is 9.68. The Morgan fingerprint density at radius 2 is 1.64 bits per heavy atom. The predicted molar refractivity (Wildman–Crippen MR) is 122 cm³/mol. The molecule has 0 aliphatic rings. The van der Waals surface area contributed by atoms with Crippen molar-refractivity contribution in [2.24, 2.45) is 0 Å². The van der Waals surface area contributed by atoms with Crippen LogP contribution in [-0.4, -0.2) is 20.9 Å². The predicted octanol–water partition coefficient (Wildman–Crippen LogP) is 6.15. The molecule has 0 spiro atoms. The molecule has 0 aliphatic heterocycles. The minimum absolute atomic E-state index is 0.218. The van der Waals surface area contributed by atoms with Crippen LogP contribution in [0.4, 0.5) is 24.5 Å². The maximum absolute atomic E-state index is 13.3. The third-order valence-corrected chi connectivity index (χ3v) is 7.12. The zero-order chi connectivity index (χ0) is 24.4. The summed E-state index contributed by atoms with van der Waals surface area (Å²) in [5, 5.41) is 2.61. The molecule has 0 unspecified atom stereocenters. The number of aryl methyl sites for hydroxylation is 1. The zero-order valence-electron chi connectivity index (χ0n) is 17.0. The van der Waals surface area contributed by atoms with Gasteiger partial charge >= 0.3 is 6.18 Å². The highest BCUT2D eigenvalue weighted by atomic mass is 35.5. The largest absolute Gasteiger partial charge is 0.416 e. The van der Waals surface area contributed by atoms with Gasteiger partial charge in [0.2, 0.25) is 5.91 Å². The number of rotatable bonds is 6. The lowest BCUT2D eigenvalue weighted by molar-refractivity contribution is -0.137. The van der Waals surface area contributed by atoms with Crippen LogP contribution in [0.25, 0.3) is 0 Å². The number of halogens is 5. The van der Waals surface area contributed by atoms with E-state index in [1.807, 2.05) is 0 Å². The molecular weight excluding hydrogens is 500 g/mol. The number of anilines is 2. The van der Waals surface area contributed by atoms with Gasteiger partial charge in [-0.25, -0.2) is 8.42 Å². The number of sulfonamides is 1. The van der Waals surface area contributed by atoms with Crippen molar-refractivity contribution in [3.8, 4) is 0 Å². The van der Waals surface area contributed by atoms with Gasteiger partial charge in [-0.2, -0.15) is 13.2 Å². The molecule has 174 valence electrons. The van der Waals surface area contributed by atoms with Crippen molar-refractivity contribution in [2.45, 2.75) is 18.0 Å². The van der Waals surface area contributed by atoms with Gasteiger partial charge in [0, 0.05) is 10.7 Å². The second-order valence-electron chi connectivity index (χ2n) is 7.00. The molecule has 33 heavy (non-hydrogen) atoms. The van der Waals surface area contributed by atoms with Crippen molar-refractivity contribution in [1.82, 2.24) is 0 Å². The van der Waals surface area contributed by atoms with Crippen molar-refractivity contribution >= 4 is 50.5 Å². The second kappa shape index (κ2) is 9.62. The fourth-order valence-corrected chi connectivity index (χ4v) is 4.80. The van der Waals surface area contributed by atoms with E-state index in [0.717, 1.165) is 17.7 Å². The molecule has 0 fully saturated rings. The topological polar surface area (TPSA) is 66.5 Å². The van der Waals surface area contributed by atoms with Gasteiger partial charge in [-0.3, -0.25) is 9.10 Å². The Morgan fingerprint density at radius 3 is 2.24 bits per heavy atom. The minimum atomic E-state index is -4.75. The molecule has 0 saturated heterocycles. The summed E-state index contributed by atoms with van der Waals surface area (Å²) in [6, 6.07) is 14.0. The quantitative estimate of drug-likeness (QED) is 0.426. The molecule has 0 bridgehead atoms. The van der Waals surface area contributed by atoms with E-state index in [4.69, 9.17) is 23.2 Å². The van der Waals surface area contributed by atoms with E-state index >= 15 is 0 Å². The Hall–Kier alpha value is -2.75. The van der Waals surface area contributed by atoms with Crippen molar-refractivity contribution in [3.63, 3.8) is 0 Å². The number of carbonyl (C=O) groups excluding carboxylic acids is 1. The van der Waals surface area contributed by atoms with Gasteiger partial charge in [0.25, 0.3) is 10.0 Å². The zero-order valence-corrected chi connectivity index (χ0v) is 19.4. The summed E-state index contributed by atoms with van der Waals surface area (Å²) in [7, 11) is -4.45. The first kappa shape index (κ1) is 24.9. The lowest BCUT2D eigenvalue weighted by Crippen LogP contribution is -2.38. The number of carbonyl (C=O) groups is 1. The molecule has 3 aromatic rings. The summed E-state index contributed by atoms with van der Waals surface area (Å²) in [4.78, 5) is 12.5. The number of benzene rings is 3. The lowest BCUT2D eigenvalue weighted by atomic mass is 10.2. The average molecular weight is 517 g/mol. The van der Waals surface area contributed by atoms with Crippen LogP contribution in [0.3, 0.4) is 0 Å². The van der Waals surface area contributed by atoms with Gasteiger partial charge in [-0.15, -0.1) is 0 Å². The van der Waals surface area contributed by atoms with Crippen LogP contribution in [0.15, 0.2) is 71.6 Å². The van der Waals surface area contributed by atoms with Crippen molar-refractivity contribution in [3.05, 3.63) is 87.9 Å². The van der Waals surface area contributed by atoms with Gasteiger partial charge in [0.1, 0.15) is 6.54 Å². The van der Waals surface area contributed by atoms with Crippen molar-refractivity contribution in [2.75, 3.05) is 16.2 Å². The van der Waals surface area contributed by atoms with E-state index < -0.39 is 39.9 Å². The third kappa shape index (κ3) is 5.79. The van der Waals surface area contributed by atoms with Crippen LogP contribution in [0.5, 0.6) is 0 Å². The maximum atomic E-state index is 13.3. The van der Waals surface area contributed by atoms with Crippen LogP contribution in [0.1, 0.15) is 11.1 Å². The monoisotopic (exact) mass is 516 g/mol. The Kier molecular flexibility index (Phi) is 7.26. The molecule has 0 radical (unpaired) electrons. The van der Waals surface area contributed by atoms with Crippen LogP contribution >= 0.6 is 23.2 Å². The van der Waals surface area contributed by atoms with Crippen LogP contribution in [-0.2, 0) is 21.0 Å². The standard InChI is InChI=1S/C22H17Cl2F3N2O3S/c1-14-7-9-16(12-19(14)24)28-21(30)13-29(33(31,32)17-5-3-2-4-6-17)20-11-15(22(25,26)27)8-10-18(20)23/h2-12H,13H2,1H3,(H,28,30). The Balaban J connectivity index is 2.05. The van der Waals surface area contributed by atoms with Crippen molar-refractivity contribution < 1.29 is 26.4 Å². The van der Waals surface area contributed by atoms with Gasteiger partial charge in [0.05, 0.1) is 21.2 Å². The SMILES string of the molecule is Cc1ccc(NC(=O)CN(c2cc(C(F)(F)F)ccc2Cl)S(=O)(=O)c2ccccc2)cc1Cl. The van der Waals surface area contributed by atoms with Crippen molar-refractivity contribution in [1.29, 1.82) is 0 Å². The molecule has 0 saturated carbocycles. The highest BCUT2D eigenvalue weighted by Crippen LogP contribution is 2.37. The Morgan fingerprint density at radius 1 is 0.970 bits per heavy atom. The molecule has 1 N–H and O–H groups in total. The summed E-state index contributed by atoms with van der Waals surface area (Å²) in [5.74, 6) is -0.803. The van der Waals surface area contributed by atoms with E-state index in [1.54, 1.807) is 25.1 Å². The molecule has 11 heteroatoms. The Labute approximate surface area is 198 Å². The fourth-order valence-electron chi connectivity index (χ4n) is 2.90. The summed E-state index contributed by atoms with van der Waals surface area (Å²) in [6.45, 7) is 0.932. The first-order valence-electron chi connectivity index (χ1n) is 9.40. The van der Waals surface area contributed by atoms with Gasteiger partial charge in [-0.05, 0) is 55.0 Å². The van der Waals surface area contributed by atoms with E-state index in [1.165, 1.54) is 30.3 Å². The molecule has 1 amide bonds. The number of hydrogen-bond donors (Lipinski definition) is 1. The highest BCUT2D eigenvalue weighted by Gasteiger charge is 2.34. The average Bonchev–Trinajstić information content (AvgIpc) is 2.75. The minimum Gasteiger partial charge on any atom is -0.324 e. The number of nitrogens with one attached hydrogen (secondary N) is 1. The number of hydrogen-bond acceptors (Lipinski definition) is 3. The smallest absolute Gasteiger partial charge is 0.324 e. The number of alkyl halides is 3. The van der Waals surface area contributed by atoms with E-state index in [9.17, 15) is 26.4 Å². The van der Waals surface area contributed by atoms with E-state index in [2.05, 4.69) is 5.32 Å². The molecule has 0 aromatic heterocycles. The molecule has 0 heterocycles.